The van der Waals surface area contributed by atoms with Gasteiger partial charge in [-0.2, -0.15) is 0 Å². The van der Waals surface area contributed by atoms with Crippen molar-refractivity contribution in [2.45, 2.75) is 71.3 Å². The van der Waals surface area contributed by atoms with Crippen LogP contribution in [0.1, 0.15) is 65.7 Å². The van der Waals surface area contributed by atoms with Crippen molar-refractivity contribution in [1.82, 2.24) is 0 Å². The summed E-state index contributed by atoms with van der Waals surface area (Å²) in [5.41, 5.74) is 1.16. The van der Waals surface area contributed by atoms with Crippen molar-refractivity contribution in [2.75, 3.05) is 6.61 Å². The number of rotatable bonds is 12. The Balaban J connectivity index is 3.97. The predicted octanol–water partition coefficient (Wildman–Crippen LogP) is 3.68. The Labute approximate surface area is 120 Å². The smallest absolute Gasteiger partial charge is 0.330 e. The second kappa shape index (κ2) is 12.4. The average molecular weight is 286 g/mol. The lowest BCUT2D eigenvalue weighted by molar-refractivity contribution is -0.132. The van der Waals surface area contributed by atoms with Crippen molar-refractivity contribution < 1.29 is 14.3 Å². The molecular weight excluding hydrogens is 256 g/mol. The maximum atomic E-state index is 10.7. The van der Waals surface area contributed by atoms with E-state index in [0.29, 0.717) is 11.1 Å². The molecule has 0 aliphatic carbocycles. The van der Waals surface area contributed by atoms with Gasteiger partial charge in [0.05, 0.1) is 0 Å². The van der Waals surface area contributed by atoms with Gasteiger partial charge in [0.1, 0.15) is 0 Å². The van der Waals surface area contributed by atoms with Crippen LogP contribution in [-0.4, -0.2) is 27.4 Å². The van der Waals surface area contributed by atoms with E-state index in [1.165, 1.54) is 32.1 Å². The molecule has 0 fully saturated rings. The van der Waals surface area contributed by atoms with Crippen LogP contribution in [0.4, 0.5) is 0 Å². The molecular formula is C15H30O3Si. The van der Waals surface area contributed by atoms with Gasteiger partial charge in [0, 0.05) is 12.2 Å². The zero-order chi connectivity index (χ0) is 14.5. The molecule has 0 aromatic carbocycles. The Kier molecular flexibility index (Phi) is 12.0. The molecule has 0 amide bonds. The van der Waals surface area contributed by atoms with E-state index in [4.69, 9.17) is 9.53 Å². The van der Waals surface area contributed by atoms with Crippen LogP contribution >= 0.6 is 0 Å². The van der Waals surface area contributed by atoms with Crippen molar-refractivity contribution in [3.8, 4) is 0 Å². The Hall–Kier alpha value is -0.613. The molecule has 1 atom stereocenters. The third-order valence-corrected chi connectivity index (χ3v) is 5.32. The van der Waals surface area contributed by atoms with E-state index < -0.39 is 15.7 Å². The normalized spacial score (nSPS) is 14.2. The molecule has 3 nitrogen and oxygen atoms in total. The number of hydrogen-bond donors (Lipinski definition) is 1. The Morgan fingerprint density at radius 1 is 1.26 bits per heavy atom. The summed E-state index contributed by atoms with van der Waals surface area (Å²) < 4.78 is 5.66. The fraction of sp³-hybridized carbons (Fsp3) is 0.800. The van der Waals surface area contributed by atoms with E-state index in [2.05, 4.69) is 13.8 Å². The second-order valence-corrected chi connectivity index (χ2v) is 7.04. The van der Waals surface area contributed by atoms with Crippen LogP contribution in [0, 0.1) is 0 Å². The van der Waals surface area contributed by atoms with E-state index in [1.807, 2.05) is 6.08 Å². The highest BCUT2D eigenvalue weighted by Gasteiger charge is 2.09. The maximum Gasteiger partial charge on any atom is 0.330 e. The first-order valence-corrected chi connectivity index (χ1v) is 8.98. The monoisotopic (exact) mass is 286 g/mol. The van der Waals surface area contributed by atoms with Gasteiger partial charge in [-0.1, -0.05) is 45.1 Å². The summed E-state index contributed by atoms with van der Waals surface area (Å²) in [5, 5.41) is 8.80. The lowest BCUT2D eigenvalue weighted by Gasteiger charge is -2.15. The lowest BCUT2D eigenvalue weighted by atomic mass is 10.1. The highest BCUT2D eigenvalue weighted by atomic mass is 28.2. The van der Waals surface area contributed by atoms with Gasteiger partial charge in [0.15, 0.2) is 9.76 Å². The van der Waals surface area contributed by atoms with Crippen molar-refractivity contribution in [1.29, 1.82) is 0 Å². The van der Waals surface area contributed by atoms with Crippen LogP contribution < -0.4 is 0 Å². The van der Waals surface area contributed by atoms with Gasteiger partial charge in [-0.25, -0.2) is 4.79 Å². The van der Waals surface area contributed by atoms with Crippen molar-refractivity contribution in [3.05, 3.63) is 11.6 Å². The van der Waals surface area contributed by atoms with Crippen molar-refractivity contribution >= 4 is 15.7 Å². The predicted molar refractivity (Wildman–Crippen MR) is 83.3 cm³/mol. The van der Waals surface area contributed by atoms with Crippen LogP contribution in [-0.2, 0) is 9.22 Å². The SMILES string of the molecule is CCCCCCC(CC/C=C(\C)C(=O)O)[SiH2]OCC. The second-order valence-electron chi connectivity index (χ2n) is 5.14. The molecule has 0 saturated carbocycles. The van der Waals surface area contributed by atoms with Gasteiger partial charge >= 0.3 is 5.97 Å². The molecule has 4 heteroatoms. The maximum absolute atomic E-state index is 10.7. The van der Waals surface area contributed by atoms with Crippen LogP contribution in [0.5, 0.6) is 0 Å². The largest absolute Gasteiger partial charge is 0.478 e. The molecule has 0 aromatic rings. The number of carboxylic acids is 1. The van der Waals surface area contributed by atoms with Crippen LogP contribution in [0.25, 0.3) is 0 Å². The van der Waals surface area contributed by atoms with E-state index in [-0.39, 0.29) is 0 Å². The summed E-state index contributed by atoms with van der Waals surface area (Å²) in [6, 6.07) is 0. The Morgan fingerprint density at radius 2 is 2.00 bits per heavy atom. The van der Waals surface area contributed by atoms with Gasteiger partial charge in [0.2, 0.25) is 0 Å². The minimum Gasteiger partial charge on any atom is -0.478 e. The zero-order valence-corrected chi connectivity index (χ0v) is 14.2. The molecule has 0 radical (unpaired) electrons. The number of hydrogen-bond acceptors (Lipinski definition) is 2. The Bertz CT molecular complexity index is 264. The molecule has 0 spiro atoms. The molecule has 0 bridgehead atoms. The molecule has 0 heterocycles. The number of unbranched alkanes of at least 4 members (excludes halogenated alkanes) is 3. The number of aliphatic carboxylic acids is 1. The van der Waals surface area contributed by atoms with Crippen molar-refractivity contribution in [3.63, 3.8) is 0 Å². The summed E-state index contributed by atoms with van der Waals surface area (Å²) in [5.74, 6) is -0.804. The first kappa shape index (κ1) is 18.4. The first-order chi connectivity index (χ1) is 9.11. The van der Waals surface area contributed by atoms with Gasteiger partial charge in [-0.15, -0.1) is 0 Å². The van der Waals surface area contributed by atoms with Gasteiger partial charge in [-0.3, -0.25) is 0 Å². The molecule has 1 N–H and O–H groups in total. The van der Waals surface area contributed by atoms with E-state index in [9.17, 15) is 4.79 Å². The van der Waals surface area contributed by atoms with Gasteiger partial charge in [-0.05, 0) is 32.2 Å². The molecule has 0 rings (SSSR count). The van der Waals surface area contributed by atoms with Gasteiger partial charge in [0.25, 0.3) is 0 Å². The van der Waals surface area contributed by atoms with E-state index in [0.717, 1.165) is 19.4 Å². The topological polar surface area (TPSA) is 46.5 Å². The summed E-state index contributed by atoms with van der Waals surface area (Å²) in [6.45, 7) is 6.77. The highest BCUT2D eigenvalue weighted by molar-refractivity contribution is 6.29. The lowest BCUT2D eigenvalue weighted by Crippen LogP contribution is -2.08. The molecule has 0 aliphatic heterocycles. The van der Waals surface area contributed by atoms with Crippen LogP contribution in [0.2, 0.25) is 5.54 Å². The summed E-state index contributed by atoms with van der Waals surface area (Å²) in [7, 11) is -0.450. The van der Waals surface area contributed by atoms with Crippen molar-refractivity contribution in [2.24, 2.45) is 0 Å². The number of allylic oxidation sites excluding steroid dienone is 1. The molecule has 112 valence electrons. The third kappa shape index (κ3) is 11.0. The van der Waals surface area contributed by atoms with E-state index in [1.54, 1.807) is 6.92 Å². The Morgan fingerprint density at radius 3 is 2.58 bits per heavy atom. The average Bonchev–Trinajstić information content (AvgIpc) is 2.39. The molecule has 0 saturated heterocycles. The molecule has 19 heavy (non-hydrogen) atoms. The van der Waals surface area contributed by atoms with Crippen LogP contribution in [0.15, 0.2) is 11.6 Å². The molecule has 0 aliphatic rings. The van der Waals surface area contributed by atoms with E-state index >= 15 is 0 Å². The highest BCUT2D eigenvalue weighted by Crippen LogP contribution is 2.22. The number of carbonyl (C=O) groups is 1. The standard InChI is InChI=1S/C15H30O3Si/c1-4-6-7-8-11-14(19-18-5-2)12-9-10-13(3)15(16)17/h10,14H,4-9,11-12,19H2,1-3H3,(H,16,17)/b13-10+. The first-order valence-electron chi connectivity index (χ1n) is 7.59. The molecule has 0 aromatic heterocycles. The summed E-state index contributed by atoms with van der Waals surface area (Å²) in [6.07, 6.45) is 10.3. The molecule has 1 unspecified atom stereocenters. The van der Waals surface area contributed by atoms with Crippen LogP contribution in [0.3, 0.4) is 0 Å². The third-order valence-electron chi connectivity index (χ3n) is 3.39. The summed E-state index contributed by atoms with van der Waals surface area (Å²) >= 11 is 0. The minimum absolute atomic E-state index is 0.450. The van der Waals surface area contributed by atoms with Gasteiger partial charge < -0.3 is 9.53 Å². The quantitative estimate of drug-likeness (QED) is 0.338. The fourth-order valence-electron chi connectivity index (χ4n) is 2.08. The summed E-state index contributed by atoms with van der Waals surface area (Å²) in [4.78, 5) is 10.7. The minimum atomic E-state index is -0.804. The zero-order valence-electron chi connectivity index (χ0n) is 12.8. The number of carboxylic acid groups (broad SMARTS) is 1. The fourth-order valence-corrected chi connectivity index (χ4v) is 3.50.